The van der Waals surface area contributed by atoms with Gasteiger partial charge in [-0.3, -0.25) is 14.2 Å². The maximum Gasteiger partial charge on any atom is 0.284 e. The third kappa shape index (κ3) is 3.57. The summed E-state index contributed by atoms with van der Waals surface area (Å²) in [6, 6.07) is 7.42. The molecule has 1 aromatic carbocycles. The molecule has 1 saturated heterocycles. The zero-order valence-electron chi connectivity index (χ0n) is 15.4. The second-order valence-corrected chi connectivity index (χ2v) is 7.80. The largest absolute Gasteiger partial charge is 0.372 e. The van der Waals surface area contributed by atoms with Gasteiger partial charge in [0.15, 0.2) is 11.2 Å². The maximum atomic E-state index is 12.8. The molecule has 0 bridgehead atoms. The minimum atomic E-state index is -0.393. The minimum absolute atomic E-state index is 0.0316. The van der Waals surface area contributed by atoms with Crippen LogP contribution < -0.4 is 5.56 Å². The van der Waals surface area contributed by atoms with Gasteiger partial charge in [-0.25, -0.2) is 4.98 Å². The first-order valence-electron chi connectivity index (χ1n) is 8.92. The summed E-state index contributed by atoms with van der Waals surface area (Å²) in [4.78, 5) is 31.5. The first-order valence-corrected chi connectivity index (χ1v) is 9.71. The Balaban J connectivity index is 1.61. The summed E-state index contributed by atoms with van der Waals surface area (Å²) in [6.07, 6.45) is 1.31. The molecule has 146 valence electrons. The fourth-order valence-electron chi connectivity index (χ4n) is 3.34. The molecule has 0 radical (unpaired) electrons. The van der Waals surface area contributed by atoms with E-state index in [2.05, 4.69) is 31.2 Å². The Labute approximate surface area is 169 Å². The van der Waals surface area contributed by atoms with Crippen molar-refractivity contribution < 1.29 is 9.53 Å². The number of carbonyl (C=O) groups is 1. The number of morpholine rings is 1. The number of halogens is 1. The zero-order valence-corrected chi connectivity index (χ0v) is 17.0. The monoisotopic (exact) mass is 446 g/mol. The molecular formula is C18H19BrN6O3. The number of nitrogens with zero attached hydrogens (tertiary/aromatic N) is 6. The lowest BCUT2D eigenvalue weighted by atomic mass is 10.2. The summed E-state index contributed by atoms with van der Waals surface area (Å²) in [5, 5.41) is 8.03. The average Bonchev–Trinajstić information content (AvgIpc) is 3.08. The van der Waals surface area contributed by atoms with Gasteiger partial charge in [-0.15, -0.1) is 5.10 Å². The van der Waals surface area contributed by atoms with E-state index in [1.54, 1.807) is 4.90 Å². The van der Waals surface area contributed by atoms with Crippen LogP contribution in [0.3, 0.4) is 0 Å². The van der Waals surface area contributed by atoms with Crippen molar-refractivity contribution in [3.63, 3.8) is 0 Å². The lowest BCUT2D eigenvalue weighted by Crippen LogP contribution is -2.49. The van der Waals surface area contributed by atoms with Gasteiger partial charge in [0.2, 0.25) is 5.91 Å². The van der Waals surface area contributed by atoms with Gasteiger partial charge >= 0.3 is 0 Å². The molecule has 2 atom stereocenters. The Morgan fingerprint density at radius 3 is 2.57 bits per heavy atom. The molecule has 9 nitrogen and oxygen atoms in total. The number of hydrogen-bond donors (Lipinski definition) is 0. The lowest BCUT2D eigenvalue weighted by molar-refractivity contribution is -0.143. The van der Waals surface area contributed by atoms with Crippen LogP contribution in [-0.4, -0.2) is 60.6 Å². The Bertz CT molecular complexity index is 1070. The van der Waals surface area contributed by atoms with Gasteiger partial charge < -0.3 is 9.64 Å². The second-order valence-electron chi connectivity index (χ2n) is 6.88. The van der Waals surface area contributed by atoms with Crippen molar-refractivity contribution in [2.75, 3.05) is 13.1 Å². The summed E-state index contributed by atoms with van der Waals surface area (Å²) < 4.78 is 9.36. The van der Waals surface area contributed by atoms with Crippen molar-refractivity contribution in [3.8, 4) is 5.69 Å². The molecule has 0 aliphatic carbocycles. The Morgan fingerprint density at radius 1 is 1.21 bits per heavy atom. The number of rotatable bonds is 3. The highest BCUT2D eigenvalue weighted by Gasteiger charge is 2.26. The van der Waals surface area contributed by atoms with Gasteiger partial charge in [0, 0.05) is 17.6 Å². The van der Waals surface area contributed by atoms with Crippen LogP contribution in [0.2, 0.25) is 0 Å². The number of amides is 1. The van der Waals surface area contributed by atoms with Crippen LogP contribution >= 0.6 is 15.9 Å². The SMILES string of the molecule is C[C@@H]1CN(C(=O)Cn2cnc3c(nnn3-c3ccc(Br)cc3)c2=O)C[C@@H](C)O1. The predicted octanol–water partition coefficient (Wildman–Crippen LogP) is 1.38. The summed E-state index contributed by atoms with van der Waals surface area (Å²) in [5.41, 5.74) is 0.824. The highest BCUT2D eigenvalue weighted by atomic mass is 79.9. The summed E-state index contributed by atoms with van der Waals surface area (Å²) >= 11 is 3.38. The van der Waals surface area contributed by atoms with Crippen LogP contribution in [0.1, 0.15) is 13.8 Å². The molecule has 0 N–H and O–H groups in total. The second kappa shape index (κ2) is 7.44. The molecule has 1 aliphatic heterocycles. The minimum Gasteiger partial charge on any atom is -0.372 e. The van der Waals surface area contributed by atoms with E-state index in [4.69, 9.17) is 4.74 Å². The highest BCUT2D eigenvalue weighted by molar-refractivity contribution is 9.10. The van der Waals surface area contributed by atoms with Crippen molar-refractivity contribution in [3.05, 3.63) is 45.4 Å². The van der Waals surface area contributed by atoms with E-state index in [1.165, 1.54) is 15.6 Å². The van der Waals surface area contributed by atoms with E-state index in [-0.39, 0.29) is 30.2 Å². The molecule has 1 fully saturated rings. The first kappa shape index (κ1) is 18.8. The molecule has 3 aromatic rings. The first-order chi connectivity index (χ1) is 13.4. The van der Waals surface area contributed by atoms with Crippen LogP contribution in [0.4, 0.5) is 0 Å². The molecule has 10 heteroatoms. The van der Waals surface area contributed by atoms with Crippen LogP contribution in [-0.2, 0) is 16.1 Å². The van der Waals surface area contributed by atoms with Gasteiger partial charge in [0.25, 0.3) is 5.56 Å². The van der Waals surface area contributed by atoms with Crippen LogP contribution in [0.25, 0.3) is 16.9 Å². The molecule has 4 rings (SSSR count). The van der Waals surface area contributed by atoms with E-state index in [1.807, 2.05) is 38.1 Å². The molecule has 0 unspecified atom stereocenters. The topological polar surface area (TPSA) is 95.1 Å². The van der Waals surface area contributed by atoms with Crippen molar-refractivity contribution in [2.45, 2.75) is 32.6 Å². The van der Waals surface area contributed by atoms with Gasteiger partial charge in [0.05, 0.1) is 17.9 Å². The third-order valence-electron chi connectivity index (χ3n) is 4.58. The van der Waals surface area contributed by atoms with Gasteiger partial charge in [-0.05, 0) is 38.1 Å². The zero-order chi connectivity index (χ0) is 19.8. The summed E-state index contributed by atoms with van der Waals surface area (Å²) in [6.45, 7) is 4.78. The number of fused-ring (bicyclic) bond motifs is 1. The number of ether oxygens (including phenoxy) is 1. The molecule has 2 aromatic heterocycles. The molecule has 1 aliphatic rings. The highest BCUT2D eigenvalue weighted by Crippen LogP contribution is 2.16. The Hall–Kier alpha value is -2.59. The molecular weight excluding hydrogens is 428 g/mol. The molecule has 1 amide bonds. The number of hydrogen-bond acceptors (Lipinski definition) is 6. The fourth-order valence-corrected chi connectivity index (χ4v) is 3.60. The number of carbonyl (C=O) groups excluding carboxylic acids is 1. The average molecular weight is 447 g/mol. The standard InChI is InChI=1S/C18H19BrN6O3/c1-11-7-23(8-12(2)28-11)15(26)9-24-10-20-17-16(18(24)27)21-22-25(17)14-5-3-13(19)4-6-14/h3-6,10-12H,7-9H2,1-2H3/t11-,12-/m1/s1. The molecule has 0 saturated carbocycles. The van der Waals surface area contributed by atoms with Crippen molar-refractivity contribution in [2.24, 2.45) is 0 Å². The molecule has 3 heterocycles. The lowest BCUT2D eigenvalue weighted by Gasteiger charge is -2.35. The van der Waals surface area contributed by atoms with E-state index in [0.29, 0.717) is 18.7 Å². The molecule has 0 spiro atoms. The van der Waals surface area contributed by atoms with E-state index < -0.39 is 5.56 Å². The maximum absolute atomic E-state index is 12.8. The van der Waals surface area contributed by atoms with Crippen LogP contribution in [0.15, 0.2) is 39.9 Å². The normalized spacial score (nSPS) is 19.9. The van der Waals surface area contributed by atoms with Gasteiger partial charge in [-0.2, -0.15) is 4.68 Å². The van der Waals surface area contributed by atoms with Crippen molar-refractivity contribution in [1.29, 1.82) is 0 Å². The van der Waals surface area contributed by atoms with E-state index in [9.17, 15) is 9.59 Å². The van der Waals surface area contributed by atoms with E-state index >= 15 is 0 Å². The third-order valence-corrected chi connectivity index (χ3v) is 5.11. The van der Waals surface area contributed by atoms with Crippen LogP contribution in [0.5, 0.6) is 0 Å². The van der Waals surface area contributed by atoms with Crippen molar-refractivity contribution in [1.82, 2.24) is 29.4 Å². The Morgan fingerprint density at radius 2 is 1.89 bits per heavy atom. The summed E-state index contributed by atoms with van der Waals surface area (Å²) in [7, 11) is 0. The van der Waals surface area contributed by atoms with Gasteiger partial charge in [-0.1, -0.05) is 21.1 Å². The Kier molecular flexibility index (Phi) is 4.98. The van der Waals surface area contributed by atoms with Crippen LogP contribution in [0, 0.1) is 0 Å². The predicted molar refractivity (Wildman–Crippen MR) is 105 cm³/mol. The smallest absolute Gasteiger partial charge is 0.284 e. The van der Waals surface area contributed by atoms with E-state index in [0.717, 1.165) is 10.2 Å². The summed E-state index contributed by atoms with van der Waals surface area (Å²) in [5.74, 6) is -0.148. The quantitative estimate of drug-likeness (QED) is 0.602. The fraction of sp³-hybridized carbons (Fsp3) is 0.389. The van der Waals surface area contributed by atoms with Crippen molar-refractivity contribution >= 4 is 33.0 Å². The number of aromatic nitrogens is 5. The number of benzene rings is 1. The van der Waals surface area contributed by atoms with Gasteiger partial charge in [0.1, 0.15) is 12.9 Å². The molecule has 28 heavy (non-hydrogen) atoms.